The molecule has 0 unspecified atom stereocenters. The number of carbonyl (C=O) groups excluding carboxylic acids is 1. The first kappa shape index (κ1) is 15.8. The number of nitrogens with zero attached hydrogens (tertiary/aromatic N) is 1. The maximum absolute atomic E-state index is 11.4. The van der Waals surface area contributed by atoms with Crippen LogP contribution in [0, 0.1) is 0 Å². The summed E-state index contributed by atoms with van der Waals surface area (Å²) in [5, 5.41) is 3.45. The van der Waals surface area contributed by atoms with Crippen molar-refractivity contribution >= 4 is 12.2 Å². The Morgan fingerprint density at radius 2 is 2.10 bits per heavy atom. The average Bonchev–Trinajstić information content (AvgIpc) is 2.38. The van der Waals surface area contributed by atoms with E-state index in [-0.39, 0.29) is 12.7 Å². The van der Waals surface area contributed by atoms with E-state index >= 15 is 0 Å². The zero-order valence-electron chi connectivity index (χ0n) is 12.0. The van der Waals surface area contributed by atoms with E-state index in [4.69, 9.17) is 20.1 Å². The topological polar surface area (TPSA) is 83.1 Å². The van der Waals surface area contributed by atoms with Crippen molar-refractivity contribution in [2.24, 2.45) is 10.9 Å². The molecular formula is C14H20N2O4. The smallest absolute Gasteiger partial charge is 0.344 e. The molecule has 0 aliphatic heterocycles. The molecule has 1 aromatic rings. The molecule has 0 aliphatic carbocycles. The maximum Gasteiger partial charge on any atom is 0.344 e. The molecule has 0 aliphatic rings. The van der Waals surface area contributed by atoms with E-state index in [0.717, 1.165) is 5.56 Å². The number of ether oxygens (including phenoxy) is 3. The Morgan fingerprint density at radius 3 is 2.70 bits per heavy atom. The molecule has 0 fully saturated rings. The van der Waals surface area contributed by atoms with E-state index in [9.17, 15) is 4.79 Å². The van der Waals surface area contributed by atoms with Gasteiger partial charge >= 0.3 is 5.97 Å². The fourth-order valence-electron chi connectivity index (χ4n) is 1.51. The summed E-state index contributed by atoms with van der Waals surface area (Å²) in [4.78, 5) is 11.4. The van der Waals surface area contributed by atoms with Crippen molar-refractivity contribution in [1.29, 1.82) is 0 Å². The predicted octanol–water partition coefficient (Wildman–Crippen LogP) is 1.71. The molecule has 0 aromatic heterocycles. The van der Waals surface area contributed by atoms with Crippen LogP contribution in [0.15, 0.2) is 23.3 Å². The number of hydrazone groups is 1. The summed E-state index contributed by atoms with van der Waals surface area (Å²) in [6, 6.07) is 5.20. The van der Waals surface area contributed by atoms with Gasteiger partial charge in [-0.3, -0.25) is 0 Å². The van der Waals surface area contributed by atoms with Crippen molar-refractivity contribution in [1.82, 2.24) is 0 Å². The van der Waals surface area contributed by atoms with Crippen LogP contribution >= 0.6 is 0 Å². The van der Waals surface area contributed by atoms with Gasteiger partial charge in [-0.25, -0.2) is 4.79 Å². The monoisotopic (exact) mass is 280 g/mol. The standard InChI is InChI=1S/C14H20N2O4/c1-4-18-13-7-11(8-16-15)5-6-12(13)19-9-14(17)20-10(2)3/h5-8,10H,4,9,15H2,1-3H3. The molecule has 20 heavy (non-hydrogen) atoms. The van der Waals surface area contributed by atoms with Crippen molar-refractivity contribution in [3.8, 4) is 11.5 Å². The first-order valence-electron chi connectivity index (χ1n) is 6.39. The SMILES string of the molecule is CCOc1cc(C=NN)ccc1OCC(=O)OC(C)C. The van der Waals surface area contributed by atoms with Crippen LogP contribution in [0.4, 0.5) is 0 Å². The summed E-state index contributed by atoms with van der Waals surface area (Å²) in [6.45, 7) is 5.74. The molecule has 1 aromatic carbocycles. The van der Waals surface area contributed by atoms with Crippen molar-refractivity contribution < 1.29 is 19.0 Å². The minimum Gasteiger partial charge on any atom is -0.490 e. The lowest BCUT2D eigenvalue weighted by atomic mass is 10.2. The second kappa shape index (κ2) is 8.04. The molecule has 0 heterocycles. The number of nitrogens with two attached hydrogens (primary N) is 1. The van der Waals surface area contributed by atoms with Crippen molar-refractivity contribution in [2.75, 3.05) is 13.2 Å². The van der Waals surface area contributed by atoms with Crippen molar-refractivity contribution in [3.05, 3.63) is 23.8 Å². The van der Waals surface area contributed by atoms with Crippen LogP contribution in [0.25, 0.3) is 0 Å². The lowest BCUT2D eigenvalue weighted by molar-refractivity contribution is -0.149. The fourth-order valence-corrected chi connectivity index (χ4v) is 1.51. The normalized spacial score (nSPS) is 10.8. The zero-order chi connectivity index (χ0) is 15.0. The molecule has 0 saturated heterocycles. The Labute approximate surface area is 118 Å². The molecule has 0 atom stereocenters. The quantitative estimate of drug-likeness (QED) is 0.356. The number of benzene rings is 1. The van der Waals surface area contributed by atoms with Crippen LogP contribution in [0.1, 0.15) is 26.3 Å². The molecule has 6 nitrogen and oxygen atoms in total. The molecule has 0 saturated carbocycles. The second-order valence-electron chi connectivity index (χ2n) is 4.24. The molecule has 110 valence electrons. The maximum atomic E-state index is 11.4. The predicted molar refractivity (Wildman–Crippen MR) is 76.1 cm³/mol. The van der Waals surface area contributed by atoms with Gasteiger partial charge in [0.1, 0.15) is 0 Å². The molecule has 6 heteroatoms. The van der Waals surface area contributed by atoms with E-state index in [1.165, 1.54) is 6.21 Å². The number of carbonyl (C=O) groups is 1. The third-order valence-electron chi connectivity index (χ3n) is 2.20. The van der Waals surface area contributed by atoms with Crippen LogP contribution < -0.4 is 15.3 Å². The molecule has 0 amide bonds. The Hall–Kier alpha value is -2.24. The van der Waals surface area contributed by atoms with Crippen LogP contribution in [-0.2, 0) is 9.53 Å². The van der Waals surface area contributed by atoms with Gasteiger partial charge in [-0.15, -0.1) is 0 Å². The van der Waals surface area contributed by atoms with Gasteiger partial charge in [-0.05, 0) is 44.5 Å². The summed E-state index contributed by atoms with van der Waals surface area (Å²) in [7, 11) is 0. The lowest BCUT2D eigenvalue weighted by Gasteiger charge is -2.13. The van der Waals surface area contributed by atoms with Crippen molar-refractivity contribution in [2.45, 2.75) is 26.9 Å². The Bertz CT molecular complexity index is 472. The Kier molecular flexibility index (Phi) is 6.36. The molecule has 0 radical (unpaired) electrons. The molecule has 0 bridgehead atoms. The molecule has 0 spiro atoms. The first-order chi connectivity index (χ1) is 9.56. The summed E-state index contributed by atoms with van der Waals surface area (Å²) < 4.78 is 15.9. The fraction of sp³-hybridized carbons (Fsp3) is 0.429. The van der Waals surface area contributed by atoms with Gasteiger partial charge < -0.3 is 20.1 Å². The molecular weight excluding hydrogens is 260 g/mol. The number of hydrogen-bond donors (Lipinski definition) is 1. The first-order valence-corrected chi connectivity index (χ1v) is 6.39. The van der Waals surface area contributed by atoms with E-state index in [0.29, 0.717) is 18.1 Å². The summed E-state index contributed by atoms with van der Waals surface area (Å²) in [5.41, 5.74) is 0.785. The van der Waals surface area contributed by atoms with Crippen LogP contribution in [0.3, 0.4) is 0 Å². The highest BCUT2D eigenvalue weighted by atomic mass is 16.6. The van der Waals surface area contributed by atoms with Crippen molar-refractivity contribution in [3.63, 3.8) is 0 Å². The van der Waals surface area contributed by atoms with Gasteiger partial charge in [0, 0.05) is 0 Å². The van der Waals surface area contributed by atoms with Gasteiger partial charge in [0.2, 0.25) is 0 Å². The average molecular weight is 280 g/mol. The minimum atomic E-state index is -0.421. The number of rotatable bonds is 7. The summed E-state index contributed by atoms with van der Waals surface area (Å²) >= 11 is 0. The Morgan fingerprint density at radius 1 is 1.35 bits per heavy atom. The van der Waals surface area contributed by atoms with E-state index in [1.807, 2.05) is 6.92 Å². The molecule has 1 rings (SSSR count). The third-order valence-corrected chi connectivity index (χ3v) is 2.20. The number of esters is 1. The van der Waals surface area contributed by atoms with E-state index < -0.39 is 5.97 Å². The zero-order valence-corrected chi connectivity index (χ0v) is 12.0. The summed E-state index contributed by atoms with van der Waals surface area (Å²) in [5.74, 6) is 5.69. The van der Waals surface area contributed by atoms with E-state index in [2.05, 4.69) is 5.10 Å². The van der Waals surface area contributed by atoms with Crippen LogP contribution in [0.5, 0.6) is 11.5 Å². The highest BCUT2D eigenvalue weighted by Crippen LogP contribution is 2.28. The number of hydrogen-bond acceptors (Lipinski definition) is 6. The van der Waals surface area contributed by atoms with E-state index in [1.54, 1.807) is 32.0 Å². The highest BCUT2D eigenvalue weighted by Gasteiger charge is 2.10. The largest absolute Gasteiger partial charge is 0.490 e. The van der Waals surface area contributed by atoms with Gasteiger partial charge in [0.15, 0.2) is 18.1 Å². The van der Waals surface area contributed by atoms with Crippen LogP contribution in [0.2, 0.25) is 0 Å². The van der Waals surface area contributed by atoms with Gasteiger partial charge in [-0.1, -0.05) is 0 Å². The second-order valence-corrected chi connectivity index (χ2v) is 4.24. The molecule has 2 N–H and O–H groups in total. The van der Waals surface area contributed by atoms with Crippen LogP contribution in [-0.4, -0.2) is 31.5 Å². The lowest BCUT2D eigenvalue weighted by Crippen LogP contribution is -2.19. The summed E-state index contributed by atoms with van der Waals surface area (Å²) in [6.07, 6.45) is 1.33. The van der Waals surface area contributed by atoms with Gasteiger partial charge in [0.05, 0.1) is 18.9 Å². The third kappa shape index (κ3) is 5.17. The minimum absolute atomic E-state index is 0.164. The highest BCUT2D eigenvalue weighted by molar-refractivity contribution is 5.80. The van der Waals surface area contributed by atoms with Gasteiger partial charge in [0.25, 0.3) is 0 Å². The Balaban J connectivity index is 2.75. The van der Waals surface area contributed by atoms with Gasteiger partial charge in [-0.2, -0.15) is 5.10 Å².